The quantitative estimate of drug-likeness (QED) is 0.100. The van der Waals surface area contributed by atoms with Gasteiger partial charge < -0.3 is 24.1 Å². The first-order valence-corrected chi connectivity index (χ1v) is 16.4. The summed E-state index contributed by atoms with van der Waals surface area (Å²) < 4.78 is 135. The van der Waals surface area contributed by atoms with Crippen LogP contribution in [0, 0.1) is 0 Å². The van der Waals surface area contributed by atoms with Gasteiger partial charge in [0.25, 0.3) is 0 Å². The third-order valence-corrected chi connectivity index (χ3v) is 7.21. The molecule has 0 aliphatic heterocycles. The van der Waals surface area contributed by atoms with Crippen molar-refractivity contribution in [3.8, 4) is 11.5 Å². The van der Waals surface area contributed by atoms with Gasteiger partial charge >= 0.3 is 36.4 Å². The van der Waals surface area contributed by atoms with Gasteiger partial charge in [-0.15, -0.1) is 0 Å². The number of hydrogen-bond acceptors (Lipinski definition) is 10. The molecule has 0 bridgehead atoms. The van der Waals surface area contributed by atoms with Gasteiger partial charge in [-0.25, -0.2) is 14.4 Å². The van der Waals surface area contributed by atoms with Crippen molar-refractivity contribution in [2.45, 2.75) is 45.5 Å². The predicted octanol–water partition coefficient (Wildman–Crippen LogP) is 7.40. The SMILES string of the molecule is CCOC(=O)c1cn(Cc2ccc(OC)cc2)nc1C(F)(F)F.CCOC(=O)c1cn[nH]c1C(F)(F)F.COc1ccc(Cn2cc(C(=O)O)c(C(F)(F)F)n2)cc1. The first-order valence-electron chi connectivity index (χ1n) is 16.4. The van der Waals surface area contributed by atoms with Crippen LogP contribution in [0.4, 0.5) is 39.5 Å². The number of benzene rings is 2. The molecular formula is C35H33F9N6O8. The summed E-state index contributed by atoms with van der Waals surface area (Å²) in [5.74, 6) is -2.49. The molecule has 0 aliphatic rings. The molecule has 314 valence electrons. The van der Waals surface area contributed by atoms with Crippen LogP contribution in [-0.4, -0.2) is 80.2 Å². The van der Waals surface area contributed by atoms with Gasteiger partial charge in [-0.3, -0.25) is 14.5 Å². The number of alkyl halides is 9. The zero-order chi connectivity index (χ0) is 43.4. The molecule has 0 aliphatic carbocycles. The highest BCUT2D eigenvalue weighted by Crippen LogP contribution is 2.33. The van der Waals surface area contributed by atoms with Gasteiger partial charge in [0.1, 0.15) is 28.2 Å². The van der Waals surface area contributed by atoms with Gasteiger partial charge in [-0.05, 0) is 49.2 Å². The number of hydrogen-bond donors (Lipinski definition) is 2. The van der Waals surface area contributed by atoms with E-state index in [-0.39, 0.29) is 26.3 Å². The molecule has 3 heterocycles. The van der Waals surface area contributed by atoms with Crippen LogP contribution in [0.1, 0.15) is 73.1 Å². The highest BCUT2D eigenvalue weighted by Gasteiger charge is 2.41. The molecule has 0 atom stereocenters. The van der Waals surface area contributed by atoms with Gasteiger partial charge in [0, 0.05) is 12.4 Å². The second kappa shape index (κ2) is 19.5. The van der Waals surface area contributed by atoms with Crippen LogP contribution >= 0.6 is 0 Å². The van der Waals surface area contributed by atoms with Crippen LogP contribution in [0.15, 0.2) is 67.1 Å². The molecule has 58 heavy (non-hydrogen) atoms. The number of aromatic nitrogens is 6. The Balaban J connectivity index is 0.000000240. The van der Waals surface area contributed by atoms with Crippen molar-refractivity contribution in [3.63, 3.8) is 0 Å². The number of halogens is 9. The maximum atomic E-state index is 13.0. The van der Waals surface area contributed by atoms with E-state index in [0.717, 1.165) is 33.5 Å². The van der Waals surface area contributed by atoms with Crippen molar-refractivity contribution in [2.24, 2.45) is 0 Å². The first kappa shape index (κ1) is 45.8. The minimum atomic E-state index is -4.81. The summed E-state index contributed by atoms with van der Waals surface area (Å²) in [6.45, 7) is 3.14. The monoisotopic (exact) mass is 836 g/mol. The Morgan fingerprint density at radius 3 is 1.38 bits per heavy atom. The predicted molar refractivity (Wildman–Crippen MR) is 181 cm³/mol. The molecule has 5 aromatic rings. The number of nitrogens with zero attached hydrogens (tertiary/aromatic N) is 5. The molecule has 14 nitrogen and oxygen atoms in total. The van der Waals surface area contributed by atoms with E-state index in [0.29, 0.717) is 17.1 Å². The number of ether oxygens (including phenoxy) is 4. The molecule has 2 N–H and O–H groups in total. The van der Waals surface area contributed by atoms with Crippen molar-refractivity contribution in [1.82, 2.24) is 29.8 Å². The Morgan fingerprint density at radius 2 is 1.03 bits per heavy atom. The third-order valence-electron chi connectivity index (χ3n) is 7.21. The second-order valence-corrected chi connectivity index (χ2v) is 11.3. The largest absolute Gasteiger partial charge is 0.497 e. The Morgan fingerprint density at radius 1 is 0.638 bits per heavy atom. The van der Waals surface area contributed by atoms with Crippen LogP contribution in [0.2, 0.25) is 0 Å². The highest BCUT2D eigenvalue weighted by atomic mass is 19.4. The van der Waals surface area contributed by atoms with E-state index in [1.807, 2.05) is 0 Å². The molecule has 0 fully saturated rings. The zero-order valence-electron chi connectivity index (χ0n) is 30.6. The second-order valence-electron chi connectivity index (χ2n) is 11.3. The van der Waals surface area contributed by atoms with Crippen molar-refractivity contribution in [1.29, 1.82) is 0 Å². The van der Waals surface area contributed by atoms with E-state index in [2.05, 4.69) is 24.8 Å². The fraction of sp³-hybridized carbons (Fsp3) is 0.314. The van der Waals surface area contributed by atoms with Crippen molar-refractivity contribution in [2.75, 3.05) is 27.4 Å². The van der Waals surface area contributed by atoms with E-state index < -0.39 is 70.2 Å². The van der Waals surface area contributed by atoms with Gasteiger partial charge in [0.05, 0.1) is 46.7 Å². The molecule has 0 radical (unpaired) electrons. The Hall–Kier alpha value is -6.55. The smallest absolute Gasteiger partial charge is 0.436 e. The van der Waals surface area contributed by atoms with Crippen molar-refractivity contribution >= 4 is 17.9 Å². The first-order chi connectivity index (χ1) is 27.1. The number of carboxylic acid groups (broad SMARTS) is 1. The average molecular weight is 837 g/mol. The fourth-order valence-corrected chi connectivity index (χ4v) is 4.64. The molecule has 0 saturated heterocycles. The van der Waals surface area contributed by atoms with Gasteiger partial charge in [-0.1, -0.05) is 24.3 Å². The van der Waals surface area contributed by atoms with Crippen molar-refractivity contribution < 1.29 is 78.0 Å². The standard InChI is InChI=1S/C15H15F3N2O3.C13H11F3N2O3.C7H7F3N2O2/c1-3-23-14(21)12-9-20(19-13(12)15(16,17)18)8-10-4-6-11(22-2)7-5-10;1-21-9-4-2-8(3-5-9)6-18-7-10(12(19)20)11(17-18)13(14,15)16;1-2-14-6(13)4-3-11-12-5(4)7(8,9)10/h4-7,9H,3,8H2,1-2H3;2-5,7H,6H2,1H3,(H,19,20);3H,2H2,1H3,(H,11,12). The molecule has 3 aromatic heterocycles. The lowest BCUT2D eigenvalue weighted by atomic mass is 10.2. The minimum Gasteiger partial charge on any atom is -0.497 e. The number of nitrogens with one attached hydrogen (secondary N) is 1. The Labute approximate surface area is 322 Å². The van der Waals surface area contributed by atoms with Gasteiger partial charge in [0.2, 0.25) is 0 Å². The number of esters is 2. The van der Waals surface area contributed by atoms with Gasteiger partial charge in [0.15, 0.2) is 17.1 Å². The molecule has 0 amide bonds. The highest BCUT2D eigenvalue weighted by molar-refractivity contribution is 5.91. The average Bonchev–Trinajstić information content (AvgIpc) is 3.92. The lowest BCUT2D eigenvalue weighted by molar-refractivity contribution is -0.142. The molecule has 0 saturated carbocycles. The van der Waals surface area contributed by atoms with Crippen molar-refractivity contribution in [3.05, 3.63) is 112 Å². The number of carbonyl (C=O) groups excluding carboxylic acids is 2. The van der Waals surface area contributed by atoms with E-state index >= 15 is 0 Å². The summed E-state index contributed by atoms with van der Waals surface area (Å²) in [6, 6.07) is 13.4. The normalized spacial score (nSPS) is 11.4. The number of rotatable bonds is 11. The lowest BCUT2D eigenvalue weighted by Gasteiger charge is -2.05. The van der Waals surface area contributed by atoms with E-state index in [1.54, 1.807) is 53.6 Å². The third kappa shape index (κ3) is 12.7. The lowest BCUT2D eigenvalue weighted by Crippen LogP contribution is -2.14. The number of carbonyl (C=O) groups is 3. The molecule has 0 unspecified atom stereocenters. The van der Waals surface area contributed by atoms with Crippen LogP contribution in [0.5, 0.6) is 11.5 Å². The van der Waals surface area contributed by atoms with Crippen LogP contribution in [0.3, 0.4) is 0 Å². The fourth-order valence-electron chi connectivity index (χ4n) is 4.64. The molecule has 0 spiro atoms. The minimum absolute atomic E-state index is 0.0141. The zero-order valence-corrected chi connectivity index (χ0v) is 30.6. The maximum absolute atomic E-state index is 13.0. The summed E-state index contributed by atoms with van der Waals surface area (Å²) >= 11 is 0. The summed E-state index contributed by atoms with van der Waals surface area (Å²) in [5.41, 5.74) is -4.49. The number of carboxylic acids is 1. The molecule has 23 heteroatoms. The summed E-state index contributed by atoms with van der Waals surface area (Å²) in [6.07, 6.45) is -11.5. The molecular weight excluding hydrogens is 803 g/mol. The van der Waals surface area contributed by atoms with Crippen LogP contribution in [-0.2, 0) is 41.1 Å². The summed E-state index contributed by atoms with van der Waals surface area (Å²) in [7, 11) is 3.01. The molecule has 2 aromatic carbocycles. The summed E-state index contributed by atoms with van der Waals surface area (Å²) in [4.78, 5) is 33.5. The topological polar surface area (TPSA) is 173 Å². The summed E-state index contributed by atoms with van der Waals surface area (Å²) in [5, 5.41) is 20.5. The number of aromatic amines is 1. The van der Waals surface area contributed by atoms with E-state index in [1.165, 1.54) is 28.1 Å². The van der Waals surface area contributed by atoms with Gasteiger partial charge in [-0.2, -0.15) is 54.8 Å². The van der Waals surface area contributed by atoms with E-state index in [9.17, 15) is 53.9 Å². The number of methoxy groups -OCH3 is 2. The maximum Gasteiger partial charge on any atom is 0.436 e. The molecule has 5 rings (SSSR count). The number of aromatic carboxylic acids is 1. The Bertz CT molecular complexity index is 2120. The number of H-pyrrole nitrogens is 1. The van der Waals surface area contributed by atoms with E-state index in [4.69, 9.17) is 14.6 Å². The van der Waals surface area contributed by atoms with Crippen LogP contribution < -0.4 is 9.47 Å². The van der Waals surface area contributed by atoms with Crippen LogP contribution in [0.25, 0.3) is 0 Å². The Kier molecular flexibility index (Phi) is 15.4.